The van der Waals surface area contributed by atoms with Crippen molar-refractivity contribution in [1.82, 2.24) is 15.0 Å². The number of ether oxygens (including phenoxy) is 1. The Morgan fingerprint density at radius 3 is 2.26 bits per heavy atom. The Kier molecular flexibility index (Phi) is 7.54. The molecular formula is C26H27F4N3O2. The number of nitrogens with zero attached hydrogens (tertiary/aromatic N) is 3. The quantitative estimate of drug-likeness (QED) is 0.338. The van der Waals surface area contributed by atoms with Crippen molar-refractivity contribution in [1.29, 1.82) is 0 Å². The summed E-state index contributed by atoms with van der Waals surface area (Å²) in [6.45, 7) is 0. The fourth-order valence-corrected chi connectivity index (χ4v) is 4.75. The Hall–Kier alpha value is -3.20. The summed E-state index contributed by atoms with van der Waals surface area (Å²) in [7, 11) is 4.12. The molecule has 35 heavy (non-hydrogen) atoms. The molecular weight excluding hydrogens is 462 g/mol. The van der Waals surface area contributed by atoms with Crippen LogP contribution in [0.4, 0.5) is 17.6 Å². The highest BCUT2D eigenvalue weighted by Crippen LogP contribution is 2.40. The molecule has 5 nitrogen and oxygen atoms in total. The highest BCUT2D eigenvalue weighted by molar-refractivity contribution is 5.56. The summed E-state index contributed by atoms with van der Waals surface area (Å²) in [5.74, 6) is 0.972. The molecule has 1 heterocycles. The van der Waals surface area contributed by atoms with Gasteiger partial charge in [0.25, 0.3) is 5.89 Å². The van der Waals surface area contributed by atoms with Crippen molar-refractivity contribution in [2.75, 3.05) is 14.1 Å². The van der Waals surface area contributed by atoms with Crippen LogP contribution in [0.1, 0.15) is 43.2 Å². The summed E-state index contributed by atoms with van der Waals surface area (Å²) < 4.78 is 59.4. The summed E-state index contributed by atoms with van der Waals surface area (Å²) >= 11 is 0. The second kappa shape index (κ2) is 10.6. The van der Waals surface area contributed by atoms with Crippen molar-refractivity contribution in [3.8, 4) is 17.1 Å². The Bertz CT molecular complexity index is 1120. The van der Waals surface area contributed by atoms with E-state index in [1.54, 1.807) is 6.08 Å². The molecule has 3 aromatic rings. The number of hydrogen-bond donors (Lipinski definition) is 0. The first-order valence-corrected chi connectivity index (χ1v) is 11.5. The molecule has 1 aliphatic carbocycles. The zero-order valence-electron chi connectivity index (χ0n) is 19.5. The molecule has 0 spiro atoms. The lowest BCUT2D eigenvalue weighted by Gasteiger charge is -2.37. The van der Waals surface area contributed by atoms with E-state index in [1.807, 2.05) is 12.1 Å². The van der Waals surface area contributed by atoms with Gasteiger partial charge in [0.05, 0.1) is 0 Å². The second-order valence-corrected chi connectivity index (χ2v) is 9.02. The second-order valence-electron chi connectivity index (χ2n) is 9.02. The largest absolute Gasteiger partial charge is 0.573 e. The zero-order chi connectivity index (χ0) is 25.0. The van der Waals surface area contributed by atoms with Gasteiger partial charge in [0, 0.05) is 11.6 Å². The molecule has 1 fully saturated rings. The van der Waals surface area contributed by atoms with E-state index in [9.17, 15) is 17.6 Å². The van der Waals surface area contributed by atoms with Crippen molar-refractivity contribution < 1.29 is 26.8 Å². The number of alkyl halides is 3. The minimum atomic E-state index is -4.74. The summed E-state index contributed by atoms with van der Waals surface area (Å²) in [4.78, 5) is 6.52. The van der Waals surface area contributed by atoms with E-state index in [1.165, 1.54) is 36.4 Å². The van der Waals surface area contributed by atoms with Gasteiger partial charge in [-0.2, -0.15) is 4.98 Å². The van der Waals surface area contributed by atoms with E-state index < -0.39 is 6.36 Å². The van der Waals surface area contributed by atoms with Gasteiger partial charge in [0.2, 0.25) is 5.82 Å². The van der Waals surface area contributed by atoms with E-state index in [4.69, 9.17) is 4.52 Å². The maximum atomic E-state index is 13.4. The topological polar surface area (TPSA) is 51.4 Å². The smallest absolute Gasteiger partial charge is 0.406 e. The van der Waals surface area contributed by atoms with Gasteiger partial charge >= 0.3 is 6.36 Å². The standard InChI is InChI=1S/C26H27F4N3O2/c1-33(2)24(19-8-12-21(27)13-9-19)18-6-3-17(4-7-18)5-16-23-31-25(32-35-23)20-10-14-22(15-11-20)34-26(28,29)30/h5,8-18,24H,3-4,6-7H2,1-2H3. The lowest BCUT2D eigenvalue weighted by atomic mass is 9.76. The Morgan fingerprint density at radius 2 is 1.66 bits per heavy atom. The summed E-state index contributed by atoms with van der Waals surface area (Å²) in [6.07, 6.45) is 3.29. The fraction of sp³-hybridized carbons (Fsp3) is 0.385. The molecule has 1 aromatic heterocycles. The highest BCUT2D eigenvalue weighted by Gasteiger charge is 2.31. The van der Waals surface area contributed by atoms with Gasteiger partial charge in [-0.3, -0.25) is 0 Å². The van der Waals surface area contributed by atoms with E-state index in [0.717, 1.165) is 31.2 Å². The number of aromatic nitrogens is 2. The van der Waals surface area contributed by atoms with Crippen LogP contribution in [0.3, 0.4) is 0 Å². The molecule has 1 aliphatic rings. The fourth-order valence-electron chi connectivity index (χ4n) is 4.75. The molecule has 0 bridgehead atoms. The van der Waals surface area contributed by atoms with Gasteiger partial charge in [-0.15, -0.1) is 13.2 Å². The monoisotopic (exact) mass is 489 g/mol. The first-order valence-electron chi connectivity index (χ1n) is 11.5. The average Bonchev–Trinajstić information content (AvgIpc) is 3.28. The molecule has 0 radical (unpaired) electrons. The maximum Gasteiger partial charge on any atom is 0.573 e. The van der Waals surface area contributed by atoms with Gasteiger partial charge in [-0.25, -0.2) is 4.39 Å². The van der Waals surface area contributed by atoms with Crippen molar-refractivity contribution in [2.24, 2.45) is 11.8 Å². The number of rotatable bonds is 7. The predicted molar refractivity (Wildman–Crippen MR) is 124 cm³/mol. The van der Waals surface area contributed by atoms with Gasteiger partial charge in [-0.05, 0) is 99.7 Å². The average molecular weight is 490 g/mol. The first-order chi connectivity index (χ1) is 16.7. The number of benzene rings is 2. The minimum Gasteiger partial charge on any atom is -0.406 e. The van der Waals surface area contributed by atoms with Crippen molar-refractivity contribution in [2.45, 2.75) is 38.1 Å². The van der Waals surface area contributed by atoms with E-state index in [0.29, 0.717) is 29.1 Å². The Labute approximate surface area is 201 Å². The van der Waals surface area contributed by atoms with Crippen molar-refractivity contribution >= 4 is 6.08 Å². The number of halogens is 4. The molecule has 1 atom stereocenters. The van der Waals surface area contributed by atoms with Crippen LogP contribution in [0.2, 0.25) is 0 Å². The van der Waals surface area contributed by atoms with Crippen molar-refractivity contribution in [3.05, 3.63) is 71.9 Å². The molecule has 2 aromatic carbocycles. The highest BCUT2D eigenvalue weighted by atomic mass is 19.4. The lowest BCUT2D eigenvalue weighted by Crippen LogP contribution is -2.30. The Balaban J connectivity index is 1.33. The molecule has 1 saturated carbocycles. The first kappa shape index (κ1) is 24.9. The van der Waals surface area contributed by atoms with E-state index in [-0.39, 0.29) is 17.6 Å². The SMILES string of the molecule is CN(C)C(c1ccc(F)cc1)C1CCC(C=Cc2nc(-c3ccc(OC(F)(F)F)cc3)no2)CC1. The normalized spacial score (nSPS) is 19.9. The summed E-state index contributed by atoms with van der Waals surface area (Å²) in [5.41, 5.74) is 1.66. The molecule has 1 unspecified atom stereocenters. The van der Waals surface area contributed by atoms with Gasteiger partial charge in [-0.1, -0.05) is 23.4 Å². The van der Waals surface area contributed by atoms with Gasteiger partial charge < -0.3 is 14.2 Å². The van der Waals surface area contributed by atoms with Gasteiger partial charge in [0.1, 0.15) is 11.6 Å². The molecule has 0 amide bonds. The summed E-state index contributed by atoms with van der Waals surface area (Å²) in [5, 5.41) is 3.92. The zero-order valence-corrected chi connectivity index (χ0v) is 19.5. The molecule has 9 heteroatoms. The van der Waals surface area contributed by atoms with Crippen LogP contribution in [0, 0.1) is 17.7 Å². The van der Waals surface area contributed by atoms with Crippen LogP contribution in [0.15, 0.2) is 59.1 Å². The predicted octanol–water partition coefficient (Wildman–Crippen LogP) is 6.90. The molecule has 0 aliphatic heterocycles. The van der Waals surface area contributed by atoms with Crippen molar-refractivity contribution in [3.63, 3.8) is 0 Å². The van der Waals surface area contributed by atoms with Crippen LogP contribution in [-0.2, 0) is 0 Å². The Morgan fingerprint density at radius 1 is 1.00 bits per heavy atom. The third-order valence-corrected chi connectivity index (χ3v) is 6.33. The minimum absolute atomic E-state index is 0.225. The molecule has 4 rings (SSSR count). The van der Waals surface area contributed by atoms with Crippen LogP contribution >= 0.6 is 0 Å². The van der Waals surface area contributed by atoms with Gasteiger partial charge in [0.15, 0.2) is 0 Å². The molecule has 186 valence electrons. The van der Waals surface area contributed by atoms with Crippen LogP contribution in [-0.4, -0.2) is 35.5 Å². The van der Waals surface area contributed by atoms with Crippen LogP contribution < -0.4 is 4.74 Å². The van der Waals surface area contributed by atoms with E-state index >= 15 is 0 Å². The third-order valence-electron chi connectivity index (χ3n) is 6.33. The maximum absolute atomic E-state index is 13.4. The number of hydrogen-bond acceptors (Lipinski definition) is 5. The molecule has 0 N–H and O–H groups in total. The van der Waals surface area contributed by atoms with Crippen LogP contribution in [0.25, 0.3) is 17.5 Å². The van der Waals surface area contributed by atoms with E-state index in [2.05, 4.69) is 39.9 Å². The lowest BCUT2D eigenvalue weighted by molar-refractivity contribution is -0.274. The molecule has 0 saturated heterocycles. The number of allylic oxidation sites excluding steroid dienone is 1. The third kappa shape index (κ3) is 6.69. The van der Waals surface area contributed by atoms with Crippen LogP contribution in [0.5, 0.6) is 5.75 Å². The summed E-state index contributed by atoms with van der Waals surface area (Å²) in [6, 6.07) is 12.3.